The van der Waals surface area contributed by atoms with Crippen LogP contribution in [0, 0.1) is 0 Å². The van der Waals surface area contributed by atoms with E-state index in [-0.39, 0.29) is 0 Å². The topological polar surface area (TPSA) is 80.2 Å². The molecule has 0 unspecified atom stereocenters. The number of carbonyl (C=O) groups is 1. The minimum Gasteiger partial charge on any atom is -0.497 e. The van der Waals surface area contributed by atoms with Crippen molar-refractivity contribution in [2.24, 2.45) is 5.10 Å². The van der Waals surface area contributed by atoms with Crippen molar-refractivity contribution in [3.05, 3.63) is 94.0 Å². The molecule has 0 radical (unpaired) electrons. The molecule has 3 aromatic carbocycles. The maximum absolute atomic E-state index is 12.1. The molecule has 3 rings (SSSR count). The number of aliphatic hydroxyl groups excluding tert-OH is 1. The van der Waals surface area contributed by atoms with Gasteiger partial charge in [-0.1, -0.05) is 58.4 Å². The van der Waals surface area contributed by atoms with Gasteiger partial charge in [0.25, 0.3) is 5.91 Å². The lowest BCUT2D eigenvalue weighted by atomic mass is 10.1. The Labute approximate surface area is 183 Å². The average molecular weight is 469 g/mol. The maximum Gasteiger partial charge on any atom is 0.273 e. The Morgan fingerprint density at radius 3 is 2.67 bits per heavy atom. The number of nitrogens with one attached hydrogen (secondary N) is 1. The molecule has 0 saturated heterocycles. The van der Waals surface area contributed by atoms with Gasteiger partial charge in [0.05, 0.1) is 13.3 Å². The van der Waals surface area contributed by atoms with E-state index in [0.717, 1.165) is 10.0 Å². The van der Waals surface area contributed by atoms with Crippen LogP contribution >= 0.6 is 15.9 Å². The van der Waals surface area contributed by atoms with Crippen LogP contribution in [0.25, 0.3) is 0 Å². The number of carbonyl (C=O) groups excluding carboxylic acids is 1. The molecule has 30 heavy (non-hydrogen) atoms. The minimum absolute atomic E-state index is 0.367. The summed E-state index contributed by atoms with van der Waals surface area (Å²) >= 11 is 3.44. The van der Waals surface area contributed by atoms with E-state index in [1.165, 1.54) is 6.21 Å². The zero-order chi connectivity index (χ0) is 21.3. The van der Waals surface area contributed by atoms with Gasteiger partial charge >= 0.3 is 0 Å². The Morgan fingerprint density at radius 2 is 1.93 bits per heavy atom. The Balaban J connectivity index is 1.69. The van der Waals surface area contributed by atoms with E-state index in [2.05, 4.69) is 26.5 Å². The third-order valence-corrected chi connectivity index (χ3v) is 4.74. The third-order valence-electron chi connectivity index (χ3n) is 4.24. The van der Waals surface area contributed by atoms with Crippen LogP contribution in [0.3, 0.4) is 0 Å². The highest BCUT2D eigenvalue weighted by molar-refractivity contribution is 9.10. The van der Waals surface area contributed by atoms with Crippen LogP contribution in [-0.4, -0.2) is 24.3 Å². The molecule has 0 aliphatic carbocycles. The molecule has 6 nitrogen and oxygen atoms in total. The number of hydrazone groups is 1. The van der Waals surface area contributed by atoms with Crippen LogP contribution in [0.15, 0.2) is 82.4 Å². The lowest BCUT2D eigenvalue weighted by molar-refractivity contribution is -0.129. The van der Waals surface area contributed by atoms with E-state index < -0.39 is 12.0 Å². The molecule has 0 fully saturated rings. The fourth-order valence-corrected chi connectivity index (χ4v) is 3.13. The van der Waals surface area contributed by atoms with Crippen molar-refractivity contribution < 1.29 is 19.4 Å². The molecule has 0 aromatic heterocycles. The van der Waals surface area contributed by atoms with Gasteiger partial charge in [-0.05, 0) is 41.5 Å². The molecule has 0 spiro atoms. The third kappa shape index (κ3) is 5.92. The summed E-state index contributed by atoms with van der Waals surface area (Å²) < 4.78 is 12.2. The Hall–Kier alpha value is -3.16. The van der Waals surface area contributed by atoms with Gasteiger partial charge < -0.3 is 14.6 Å². The van der Waals surface area contributed by atoms with Crippen LogP contribution in [-0.2, 0) is 11.4 Å². The predicted octanol–water partition coefficient (Wildman–Crippen LogP) is 4.22. The van der Waals surface area contributed by atoms with Crippen molar-refractivity contribution in [2.45, 2.75) is 12.7 Å². The molecule has 7 heteroatoms. The van der Waals surface area contributed by atoms with Crippen LogP contribution in [0.1, 0.15) is 22.8 Å². The first-order valence-corrected chi connectivity index (χ1v) is 9.97. The van der Waals surface area contributed by atoms with E-state index in [1.54, 1.807) is 49.6 Å². The molecule has 154 valence electrons. The molecule has 0 aliphatic rings. The molecule has 0 saturated carbocycles. The van der Waals surface area contributed by atoms with Crippen molar-refractivity contribution >= 4 is 28.1 Å². The molecule has 1 atom stereocenters. The van der Waals surface area contributed by atoms with Crippen LogP contribution in [0.4, 0.5) is 0 Å². The van der Waals surface area contributed by atoms with Gasteiger partial charge in [0.1, 0.15) is 18.1 Å². The number of hydrogen-bond donors (Lipinski definition) is 2. The van der Waals surface area contributed by atoms with Crippen LogP contribution in [0.5, 0.6) is 11.5 Å². The SMILES string of the molecule is COc1ccc(OCc2cccc(Br)c2)c(/C=N\NC(=O)[C@@H](O)c2ccccc2)c1. The van der Waals surface area contributed by atoms with Crippen LogP contribution in [0.2, 0.25) is 0 Å². The second-order valence-electron chi connectivity index (χ2n) is 6.37. The summed E-state index contributed by atoms with van der Waals surface area (Å²) in [6.45, 7) is 0.367. The van der Waals surface area contributed by atoms with Crippen molar-refractivity contribution in [3.63, 3.8) is 0 Å². The van der Waals surface area contributed by atoms with Crippen molar-refractivity contribution in [2.75, 3.05) is 7.11 Å². The van der Waals surface area contributed by atoms with E-state index in [4.69, 9.17) is 9.47 Å². The highest BCUT2D eigenvalue weighted by Gasteiger charge is 2.16. The number of halogens is 1. The van der Waals surface area contributed by atoms with E-state index in [1.807, 2.05) is 30.3 Å². The number of ether oxygens (including phenoxy) is 2. The van der Waals surface area contributed by atoms with Crippen molar-refractivity contribution in [1.82, 2.24) is 5.43 Å². The number of hydrogen-bond acceptors (Lipinski definition) is 5. The molecule has 0 aliphatic heterocycles. The highest BCUT2D eigenvalue weighted by Crippen LogP contribution is 2.24. The van der Waals surface area contributed by atoms with Gasteiger partial charge in [-0.25, -0.2) is 5.43 Å². The molecular weight excluding hydrogens is 448 g/mol. The first-order valence-electron chi connectivity index (χ1n) is 9.18. The van der Waals surface area contributed by atoms with E-state index in [9.17, 15) is 9.90 Å². The fraction of sp³-hybridized carbons (Fsp3) is 0.130. The zero-order valence-electron chi connectivity index (χ0n) is 16.3. The quantitative estimate of drug-likeness (QED) is 0.383. The van der Waals surface area contributed by atoms with Gasteiger partial charge in [0, 0.05) is 10.0 Å². The van der Waals surface area contributed by atoms with Gasteiger partial charge in [-0.2, -0.15) is 5.10 Å². The van der Waals surface area contributed by atoms with Gasteiger partial charge in [-0.15, -0.1) is 0 Å². The standard InChI is InChI=1S/C23H21BrN2O4/c1-29-20-10-11-21(30-15-16-6-5-9-19(24)12-16)18(13-20)14-25-26-23(28)22(27)17-7-3-2-4-8-17/h2-14,22,27H,15H2,1H3,(H,26,28)/b25-14-/t22-/m0/s1. The molecular formula is C23H21BrN2O4. The first kappa shape index (κ1) is 21.5. The monoisotopic (exact) mass is 468 g/mol. The second-order valence-corrected chi connectivity index (χ2v) is 7.29. The summed E-state index contributed by atoms with van der Waals surface area (Å²) in [6.07, 6.45) is 0.148. The maximum atomic E-state index is 12.1. The molecule has 0 heterocycles. The predicted molar refractivity (Wildman–Crippen MR) is 119 cm³/mol. The fourth-order valence-electron chi connectivity index (χ4n) is 2.69. The summed E-state index contributed by atoms with van der Waals surface area (Å²) in [7, 11) is 1.57. The lowest BCUT2D eigenvalue weighted by Gasteiger charge is -2.11. The van der Waals surface area contributed by atoms with E-state index in [0.29, 0.717) is 29.2 Å². The molecule has 3 aromatic rings. The second kappa shape index (κ2) is 10.6. The number of benzene rings is 3. The summed E-state index contributed by atoms with van der Waals surface area (Å²) in [4.78, 5) is 12.1. The van der Waals surface area contributed by atoms with E-state index >= 15 is 0 Å². The lowest BCUT2D eigenvalue weighted by Crippen LogP contribution is -2.25. The minimum atomic E-state index is -1.30. The summed E-state index contributed by atoms with van der Waals surface area (Å²) in [6, 6.07) is 21.8. The summed E-state index contributed by atoms with van der Waals surface area (Å²) in [5, 5.41) is 14.1. The smallest absolute Gasteiger partial charge is 0.273 e. The largest absolute Gasteiger partial charge is 0.497 e. The normalized spacial score (nSPS) is 11.8. The summed E-state index contributed by atoms with van der Waals surface area (Å²) in [5.74, 6) is 0.580. The Kier molecular flexibility index (Phi) is 7.59. The van der Waals surface area contributed by atoms with Crippen molar-refractivity contribution in [3.8, 4) is 11.5 Å². The number of amides is 1. The van der Waals surface area contributed by atoms with Crippen LogP contribution < -0.4 is 14.9 Å². The van der Waals surface area contributed by atoms with Gasteiger partial charge in [0.2, 0.25) is 0 Å². The Bertz CT molecular complexity index is 1020. The number of nitrogens with zero attached hydrogens (tertiary/aromatic N) is 1. The zero-order valence-corrected chi connectivity index (χ0v) is 17.9. The van der Waals surface area contributed by atoms with Gasteiger partial charge in [-0.3, -0.25) is 4.79 Å². The molecule has 1 amide bonds. The van der Waals surface area contributed by atoms with Gasteiger partial charge in [0.15, 0.2) is 6.10 Å². The number of aliphatic hydroxyl groups is 1. The number of methoxy groups -OCH3 is 1. The molecule has 0 bridgehead atoms. The highest BCUT2D eigenvalue weighted by atomic mass is 79.9. The average Bonchev–Trinajstić information content (AvgIpc) is 2.78. The number of rotatable bonds is 8. The summed E-state index contributed by atoms with van der Waals surface area (Å²) in [5.41, 5.74) is 4.47. The Morgan fingerprint density at radius 1 is 1.13 bits per heavy atom. The first-order chi connectivity index (χ1) is 14.6. The molecule has 2 N–H and O–H groups in total. The van der Waals surface area contributed by atoms with Crippen molar-refractivity contribution in [1.29, 1.82) is 0 Å².